The highest BCUT2D eigenvalue weighted by Crippen LogP contribution is 2.07. The Balaban J connectivity index is 2.49. The largest absolute Gasteiger partial charge is 0.334 e. The fraction of sp³-hybridized carbons (Fsp3) is 0.769. The molecule has 3 heteroatoms. The number of hydrogen-bond acceptors (Lipinski definition) is 2. The van der Waals surface area contributed by atoms with Crippen LogP contribution in [-0.2, 0) is 13.1 Å². The molecule has 16 heavy (non-hydrogen) atoms. The number of imidazole rings is 1. The molecule has 0 fully saturated rings. The second kappa shape index (κ2) is 6.69. The lowest BCUT2D eigenvalue weighted by molar-refractivity contribution is 0.380. The summed E-state index contributed by atoms with van der Waals surface area (Å²) in [5.74, 6) is 1.83. The highest BCUT2D eigenvalue weighted by molar-refractivity contribution is 4.92. The molecule has 3 nitrogen and oxygen atoms in total. The summed E-state index contributed by atoms with van der Waals surface area (Å²) in [6.45, 7) is 10.9. The summed E-state index contributed by atoms with van der Waals surface area (Å²) in [4.78, 5) is 4.40. The standard InChI is InChI=1S/C13H25N3/c1-5-8-16-9-7-14-13(16)10-15-12(6-2)11(3)4/h7,9,11-12,15H,5-6,8,10H2,1-4H3. The van der Waals surface area contributed by atoms with Crippen LogP contribution in [0.5, 0.6) is 0 Å². The molecule has 0 saturated heterocycles. The minimum absolute atomic E-state index is 0.590. The van der Waals surface area contributed by atoms with E-state index in [1.54, 1.807) is 0 Å². The first kappa shape index (κ1) is 13.2. The molecule has 1 unspecified atom stereocenters. The van der Waals surface area contributed by atoms with Gasteiger partial charge in [-0.05, 0) is 18.8 Å². The van der Waals surface area contributed by atoms with Gasteiger partial charge in [-0.1, -0.05) is 27.7 Å². The van der Waals surface area contributed by atoms with Gasteiger partial charge in [-0.2, -0.15) is 0 Å². The van der Waals surface area contributed by atoms with Crippen LogP contribution in [0.4, 0.5) is 0 Å². The first-order chi connectivity index (χ1) is 7.69. The Morgan fingerprint density at radius 2 is 2.12 bits per heavy atom. The molecule has 0 amide bonds. The molecule has 0 radical (unpaired) electrons. The van der Waals surface area contributed by atoms with Crippen LogP contribution in [0.2, 0.25) is 0 Å². The zero-order valence-electron chi connectivity index (χ0n) is 11.0. The highest BCUT2D eigenvalue weighted by atomic mass is 15.1. The maximum absolute atomic E-state index is 4.40. The summed E-state index contributed by atoms with van der Waals surface area (Å²) in [6.07, 6.45) is 6.29. The van der Waals surface area contributed by atoms with E-state index in [0.29, 0.717) is 12.0 Å². The Bertz CT molecular complexity index is 291. The van der Waals surface area contributed by atoms with E-state index in [1.165, 1.54) is 6.42 Å². The fourth-order valence-corrected chi connectivity index (χ4v) is 2.03. The predicted octanol–water partition coefficient (Wildman–Crippen LogP) is 2.82. The molecular formula is C13H25N3. The van der Waals surface area contributed by atoms with Crippen molar-refractivity contribution >= 4 is 0 Å². The lowest BCUT2D eigenvalue weighted by Gasteiger charge is -2.20. The summed E-state index contributed by atoms with van der Waals surface area (Å²) in [7, 11) is 0. The molecule has 0 aliphatic rings. The zero-order chi connectivity index (χ0) is 12.0. The van der Waals surface area contributed by atoms with Crippen LogP contribution in [0.3, 0.4) is 0 Å². The van der Waals surface area contributed by atoms with Gasteiger partial charge in [0.25, 0.3) is 0 Å². The van der Waals surface area contributed by atoms with E-state index in [-0.39, 0.29) is 0 Å². The molecule has 1 heterocycles. The van der Waals surface area contributed by atoms with E-state index in [0.717, 1.165) is 25.3 Å². The Morgan fingerprint density at radius 3 is 2.69 bits per heavy atom. The molecule has 92 valence electrons. The van der Waals surface area contributed by atoms with E-state index >= 15 is 0 Å². The third-order valence-electron chi connectivity index (χ3n) is 3.03. The maximum Gasteiger partial charge on any atom is 0.122 e. The van der Waals surface area contributed by atoms with Gasteiger partial charge in [-0.25, -0.2) is 4.98 Å². The Hall–Kier alpha value is -0.830. The van der Waals surface area contributed by atoms with Crippen LogP contribution >= 0.6 is 0 Å². The Labute approximate surface area is 99.3 Å². The summed E-state index contributed by atoms with van der Waals surface area (Å²) in [6, 6.07) is 0.590. The predicted molar refractivity (Wildman–Crippen MR) is 68.3 cm³/mol. The maximum atomic E-state index is 4.40. The van der Waals surface area contributed by atoms with Gasteiger partial charge >= 0.3 is 0 Å². The van der Waals surface area contributed by atoms with Gasteiger partial charge in [0.05, 0.1) is 6.54 Å². The van der Waals surface area contributed by atoms with E-state index in [1.807, 2.05) is 6.20 Å². The monoisotopic (exact) mass is 223 g/mol. The molecule has 0 bridgehead atoms. The van der Waals surface area contributed by atoms with Crippen molar-refractivity contribution in [1.29, 1.82) is 0 Å². The molecule has 0 spiro atoms. The molecule has 0 aliphatic carbocycles. The van der Waals surface area contributed by atoms with Crippen LogP contribution < -0.4 is 5.32 Å². The zero-order valence-corrected chi connectivity index (χ0v) is 11.0. The van der Waals surface area contributed by atoms with Gasteiger partial charge in [0.1, 0.15) is 5.82 Å². The summed E-state index contributed by atoms with van der Waals surface area (Å²) in [5, 5.41) is 3.59. The van der Waals surface area contributed by atoms with Crippen LogP contribution in [0.25, 0.3) is 0 Å². The molecule has 1 N–H and O–H groups in total. The molecule has 1 aromatic heterocycles. The third-order valence-corrected chi connectivity index (χ3v) is 3.03. The number of aryl methyl sites for hydroxylation is 1. The SMILES string of the molecule is CCCn1ccnc1CNC(CC)C(C)C. The topological polar surface area (TPSA) is 29.9 Å². The van der Waals surface area contributed by atoms with Gasteiger partial charge in [0.15, 0.2) is 0 Å². The summed E-state index contributed by atoms with van der Waals surface area (Å²) >= 11 is 0. The van der Waals surface area contributed by atoms with E-state index in [4.69, 9.17) is 0 Å². The van der Waals surface area contributed by atoms with E-state index < -0.39 is 0 Å². The van der Waals surface area contributed by atoms with Crippen LogP contribution in [0.15, 0.2) is 12.4 Å². The number of nitrogens with zero attached hydrogens (tertiary/aromatic N) is 2. The van der Waals surface area contributed by atoms with Crippen molar-refractivity contribution in [2.45, 2.75) is 59.7 Å². The average molecular weight is 223 g/mol. The van der Waals surface area contributed by atoms with Crippen molar-refractivity contribution in [3.05, 3.63) is 18.2 Å². The molecule has 1 aromatic rings. The van der Waals surface area contributed by atoms with Crippen molar-refractivity contribution in [2.75, 3.05) is 0 Å². The highest BCUT2D eigenvalue weighted by Gasteiger charge is 2.11. The normalized spacial score (nSPS) is 13.3. The van der Waals surface area contributed by atoms with Crippen molar-refractivity contribution in [3.63, 3.8) is 0 Å². The minimum atomic E-state index is 0.590. The van der Waals surface area contributed by atoms with Crippen LogP contribution in [0, 0.1) is 5.92 Å². The minimum Gasteiger partial charge on any atom is -0.334 e. The fourth-order valence-electron chi connectivity index (χ4n) is 2.03. The molecule has 1 rings (SSSR count). The smallest absolute Gasteiger partial charge is 0.122 e. The van der Waals surface area contributed by atoms with Gasteiger partial charge in [-0.3, -0.25) is 0 Å². The van der Waals surface area contributed by atoms with Crippen LogP contribution in [-0.4, -0.2) is 15.6 Å². The lowest BCUT2D eigenvalue weighted by atomic mass is 10.0. The van der Waals surface area contributed by atoms with Crippen molar-refractivity contribution < 1.29 is 0 Å². The van der Waals surface area contributed by atoms with Gasteiger partial charge in [0.2, 0.25) is 0 Å². The Kier molecular flexibility index (Phi) is 5.53. The summed E-state index contributed by atoms with van der Waals surface area (Å²) in [5.41, 5.74) is 0. The Morgan fingerprint density at radius 1 is 1.38 bits per heavy atom. The molecular weight excluding hydrogens is 198 g/mol. The third kappa shape index (κ3) is 3.63. The van der Waals surface area contributed by atoms with E-state index in [2.05, 4.69) is 48.8 Å². The number of nitrogens with one attached hydrogen (secondary N) is 1. The first-order valence-electron chi connectivity index (χ1n) is 6.42. The summed E-state index contributed by atoms with van der Waals surface area (Å²) < 4.78 is 2.24. The lowest BCUT2D eigenvalue weighted by Crippen LogP contribution is -2.33. The number of hydrogen-bond donors (Lipinski definition) is 1. The van der Waals surface area contributed by atoms with Crippen molar-refractivity contribution in [1.82, 2.24) is 14.9 Å². The van der Waals surface area contributed by atoms with Crippen molar-refractivity contribution in [3.8, 4) is 0 Å². The number of rotatable bonds is 7. The molecule has 0 aromatic carbocycles. The first-order valence-corrected chi connectivity index (χ1v) is 6.42. The van der Waals surface area contributed by atoms with Gasteiger partial charge < -0.3 is 9.88 Å². The van der Waals surface area contributed by atoms with Crippen molar-refractivity contribution in [2.24, 2.45) is 5.92 Å². The number of aromatic nitrogens is 2. The average Bonchev–Trinajstić information content (AvgIpc) is 2.67. The molecule has 1 atom stereocenters. The second-order valence-corrected chi connectivity index (χ2v) is 4.68. The second-order valence-electron chi connectivity index (χ2n) is 4.68. The molecule has 0 saturated carbocycles. The van der Waals surface area contributed by atoms with E-state index in [9.17, 15) is 0 Å². The molecule has 0 aliphatic heterocycles. The van der Waals surface area contributed by atoms with Crippen LogP contribution in [0.1, 0.15) is 46.4 Å². The van der Waals surface area contributed by atoms with Gasteiger partial charge in [0, 0.05) is 25.0 Å². The van der Waals surface area contributed by atoms with Gasteiger partial charge in [-0.15, -0.1) is 0 Å². The quantitative estimate of drug-likeness (QED) is 0.770.